The summed E-state index contributed by atoms with van der Waals surface area (Å²) in [5.41, 5.74) is 1.71. The molecule has 6 nitrogen and oxygen atoms in total. The second-order valence-corrected chi connectivity index (χ2v) is 5.95. The van der Waals surface area contributed by atoms with Gasteiger partial charge in [-0.05, 0) is 19.1 Å². The lowest BCUT2D eigenvalue weighted by molar-refractivity contribution is 0.0631. The van der Waals surface area contributed by atoms with Gasteiger partial charge in [0.05, 0.1) is 18.9 Å². The van der Waals surface area contributed by atoms with E-state index in [4.69, 9.17) is 9.47 Å². The third-order valence-corrected chi connectivity index (χ3v) is 4.53. The predicted octanol–water partition coefficient (Wildman–Crippen LogP) is 2.25. The van der Waals surface area contributed by atoms with E-state index in [0.717, 1.165) is 16.3 Å². The Bertz CT molecular complexity index is 623. The van der Waals surface area contributed by atoms with Crippen LogP contribution in [0.3, 0.4) is 0 Å². The van der Waals surface area contributed by atoms with Crippen LogP contribution in [0.1, 0.15) is 15.4 Å². The highest BCUT2D eigenvalue weighted by molar-refractivity contribution is 7.17. The number of thiazole rings is 1. The van der Waals surface area contributed by atoms with Crippen LogP contribution >= 0.6 is 11.3 Å². The van der Waals surface area contributed by atoms with Crippen molar-refractivity contribution in [1.29, 1.82) is 0 Å². The van der Waals surface area contributed by atoms with Crippen molar-refractivity contribution in [2.75, 3.05) is 40.5 Å². The van der Waals surface area contributed by atoms with E-state index in [0.29, 0.717) is 31.2 Å². The van der Waals surface area contributed by atoms with Gasteiger partial charge in [0.1, 0.15) is 9.88 Å². The SMILES string of the molecule is COCCN(CCOC)C(=O)c1sc(-c2ccncc2)nc1C. The Balaban J connectivity index is 2.21. The molecular formula is C16H21N3O3S. The van der Waals surface area contributed by atoms with Crippen molar-refractivity contribution in [2.45, 2.75) is 6.92 Å². The van der Waals surface area contributed by atoms with Crippen molar-refractivity contribution in [3.8, 4) is 10.6 Å². The molecule has 0 aromatic carbocycles. The largest absolute Gasteiger partial charge is 0.383 e. The van der Waals surface area contributed by atoms with E-state index in [2.05, 4.69) is 9.97 Å². The average Bonchev–Trinajstić information content (AvgIpc) is 2.97. The molecule has 0 N–H and O–H groups in total. The number of aromatic nitrogens is 2. The van der Waals surface area contributed by atoms with Crippen LogP contribution < -0.4 is 0 Å². The first kappa shape index (κ1) is 17.5. The number of aryl methyl sites for hydroxylation is 1. The van der Waals surface area contributed by atoms with Crippen molar-refractivity contribution in [1.82, 2.24) is 14.9 Å². The Morgan fingerprint density at radius 1 is 1.17 bits per heavy atom. The highest BCUT2D eigenvalue weighted by atomic mass is 32.1. The second-order valence-electron chi connectivity index (χ2n) is 4.95. The summed E-state index contributed by atoms with van der Waals surface area (Å²) in [5, 5.41) is 0.826. The summed E-state index contributed by atoms with van der Waals surface area (Å²) in [7, 11) is 3.25. The molecule has 2 rings (SSSR count). The van der Waals surface area contributed by atoms with E-state index in [9.17, 15) is 4.79 Å². The van der Waals surface area contributed by atoms with E-state index in [1.807, 2.05) is 19.1 Å². The second kappa shape index (κ2) is 8.71. The maximum absolute atomic E-state index is 12.8. The molecule has 124 valence electrons. The predicted molar refractivity (Wildman–Crippen MR) is 89.7 cm³/mol. The Hall–Kier alpha value is -1.83. The smallest absolute Gasteiger partial charge is 0.266 e. The van der Waals surface area contributed by atoms with E-state index < -0.39 is 0 Å². The number of methoxy groups -OCH3 is 2. The normalized spacial score (nSPS) is 10.7. The van der Waals surface area contributed by atoms with Gasteiger partial charge in [-0.15, -0.1) is 11.3 Å². The van der Waals surface area contributed by atoms with E-state index in [1.165, 1.54) is 11.3 Å². The lowest BCUT2D eigenvalue weighted by Crippen LogP contribution is -2.36. The van der Waals surface area contributed by atoms with Crippen LogP contribution in [0.4, 0.5) is 0 Å². The van der Waals surface area contributed by atoms with Crippen LogP contribution in [-0.4, -0.2) is 61.3 Å². The van der Waals surface area contributed by atoms with Gasteiger partial charge in [-0.2, -0.15) is 0 Å². The van der Waals surface area contributed by atoms with Gasteiger partial charge < -0.3 is 14.4 Å². The Labute approximate surface area is 140 Å². The van der Waals surface area contributed by atoms with Crippen LogP contribution in [0, 0.1) is 6.92 Å². The van der Waals surface area contributed by atoms with Gasteiger partial charge in [-0.25, -0.2) is 4.98 Å². The number of carbonyl (C=O) groups is 1. The summed E-state index contributed by atoms with van der Waals surface area (Å²) < 4.78 is 10.2. The zero-order valence-electron chi connectivity index (χ0n) is 13.6. The van der Waals surface area contributed by atoms with E-state index in [1.54, 1.807) is 31.5 Å². The van der Waals surface area contributed by atoms with Gasteiger partial charge in [-0.1, -0.05) is 0 Å². The maximum Gasteiger partial charge on any atom is 0.266 e. The summed E-state index contributed by atoms with van der Waals surface area (Å²) in [5.74, 6) is -0.0330. The van der Waals surface area contributed by atoms with Crippen LogP contribution in [-0.2, 0) is 9.47 Å². The lowest BCUT2D eigenvalue weighted by Gasteiger charge is -2.21. The first-order valence-corrected chi connectivity index (χ1v) is 8.14. The molecule has 0 radical (unpaired) electrons. The van der Waals surface area contributed by atoms with Gasteiger partial charge in [-0.3, -0.25) is 9.78 Å². The fraction of sp³-hybridized carbons (Fsp3) is 0.438. The number of hydrogen-bond donors (Lipinski definition) is 0. The minimum absolute atomic E-state index is 0.0330. The topological polar surface area (TPSA) is 64.6 Å². The first-order chi connectivity index (χ1) is 11.2. The third-order valence-electron chi connectivity index (χ3n) is 3.34. The summed E-state index contributed by atoms with van der Waals surface area (Å²) in [6, 6.07) is 3.78. The molecule has 23 heavy (non-hydrogen) atoms. The molecule has 7 heteroatoms. The minimum atomic E-state index is -0.0330. The highest BCUT2D eigenvalue weighted by Crippen LogP contribution is 2.28. The standard InChI is InChI=1S/C16H21N3O3S/c1-12-14(16(20)19(8-10-21-2)9-11-22-3)23-15(18-12)13-4-6-17-7-5-13/h4-7H,8-11H2,1-3H3. The van der Waals surface area contributed by atoms with Crippen molar-refractivity contribution in [3.63, 3.8) is 0 Å². The van der Waals surface area contributed by atoms with Crippen LogP contribution in [0.2, 0.25) is 0 Å². The zero-order chi connectivity index (χ0) is 16.7. The Kier molecular flexibility index (Phi) is 6.64. The molecule has 0 saturated heterocycles. The number of nitrogens with zero attached hydrogens (tertiary/aromatic N) is 3. The average molecular weight is 335 g/mol. The summed E-state index contributed by atoms with van der Waals surface area (Å²) in [4.78, 5) is 23.7. The maximum atomic E-state index is 12.8. The zero-order valence-corrected chi connectivity index (χ0v) is 14.4. The summed E-state index contributed by atoms with van der Waals surface area (Å²) in [6.45, 7) is 3.90. The minimum Gasteiger partial charge on any atom is -0.383 e. The van der Waals surface area contributed by atoms with Crippen LogP contribution in [0.15, 0.2) is 24.5 Å². The fourth-order valence-corrected chi connectivity index (χ4v) is 3.11. The molecule has 0 bridgehead atoms. The van der Waals surface area contributed by atoms with E-state index >= 15 is 0 Å². The molecule has 1 amide bonds. The Morgan fingerprint density at radius 3 is 2.35 bits per heavy atom. The highest BCUT2D eigenvalue weighted by Gasteiger charge is 2.21. The number of rotatable bonds is 8. The number of ether oxygens (including phenoxy) is 2. The van der Waals surface area contributed by atoms with Crippen LogP contribution in [0.5, 0.6) is 0 Å². The van der Waals surface area contributed by atoms with E-state index in [-0.39, 0.29) is 5.91 Å². The van der Waals surface area contributed by atoms with Gasteiger partial charge in [0, 0.05) is 45.3 Å². The number of hydrogen-bond acceptors (Lipinski definition) is 6. The fourth-order valence-electron chi connectivity index (χ4n) is 2.07. The van der Waals surface area contributed by atoms with Crippen LogP contribution in [0.25, 0.3) is 10.6 Å². The van der Waals surface area contributed by atoms with Crippen molar-refractivity contribution in [3.05, 3.63) is 35.1 Å². The molecule has 0 aliphatic rings. The molecule has 0 unspecified atom stereocenters. The molecule has 0 spiro atoms. The van der Waals surface area contributed by atoms with Crippen molar-refractivity contribution in [2.24, 2.45) is 0 Å². The number of amides is 1. The molecule has 0 fully saturated rings. The summed E-state index contributed by atoms with van der Waals surface area (Å²) >= 11 is 1.40. The van der Waals surface area contributed by atoms with Crippen molar-refractivity contribution >= 4 is 17.2 Å². The lowest BCUT2D eigenvalue weighted by atomic mass is 10.3. The monoisotopic (exact) mass is 335 g/mol. The molecular weight excluding hydrogens is 314 g/mol. The molecule has 0 aliphatic carbocycles. The molecule has 2 aromatic rings. The molecule has 0 aliphatic heterocycles. The first-order valence-electron chi connectivity index (χ1n) is 7.32. The van der Waals surface area contributed by atoms with Crippen molar-refractivity contribution < 1.29 is 14.3 Å². The van der Waals surface area contributed by atoms with Gasteiger partial charge in [0.2, 0.25) is 0 Å². The van der Waals surface area contributed by atoms with Gasteiger partial charge in [0.25, 0.3) is 5.91 Å². The molecule has 0 atom stereocenters. The third kappa shape index (κ3) is 4.57. The molecule has 0 saturated carbocycles. The van der Waals surface area contributed by atoms with Gasteiger partial charge >= 0.3 is 0 Å². The van der Waals surface area contributed by atoms with Gasteiger partial charge in [0.15, 0.2) is 0 Å². The quantitative estimate of drug-likeness (QED) is 0.740. The number of pyridine rings is 1. The summed E-state index contributed by atoms with van der Waals surface area (Å²) in [6.07, 6.45) is 3.44. The Morgan fingerprint density at radius 2 is 1.78 bits per heavy atom. The number of carbonyl (C=O) groups excluding carboxylic acids is 1. The molecule has 2 heterocycles. The molecule has 2 aromatic heterocycles.